The van der Waals surface area contributed by atoms with Gasteiger partial charge in [0, 0.05) is 11.7 Å². The van der Waals surface area contributed by atoms with E-state index in [-0.39, 0.29) is 17.6 Å². The lowest BCUT2D eigenvalue weighted by atomic mass is 10.0. The normalized spacial score (nSPS) is 24.8. The highest BCUT2D eigenvalue weighted by molar-refractivity contribution is 6.07. The number of nitrogens with zero attached hydrogens (tertiary/aromatic N) is 1. The Morgan fingerprint density at radius 1 is 1.39 bits per heavy atom. The Morgan fingerprint density at radius 3 is 2.83 bits per heavy atom. The topological polar surface area (TPSA) is 90.5 Å². The number of aromatic amines is 1. The zero-order valence-corrected chi connectivity index (χ0v) is 13.9. The third-order valence-corrected chi connectivity index (χ3v) is 3.89. The Bertz CT molecular complexity index is 598. The molecule has 1 aromatic rings. The number of H-pyrrole nitrogens is 1. The minimum absolute atomic E-state index is 0.0152. The van der Waals surface area contributed by atoms with Gasteiger partial charge < -0.3 is 25.7 Å². The SMILES string of the molecule is CC(C)(C)NC(=O)C1(OC2CCNCC2)C=Nc2[nH]ccc2N1. The fourth-order valence-electron chi connectivity index (χ4n) is 2.79. The maximum atomic E-state index is 12.9. The molecular weight excluding hydrogens is 294 g/mol. The van der Waals surface area contributed by atoms with Gasteiger partial charge in [0.25, 0.3) is 11.6 Å². The lowest BCUT2D eigenvalue weighted by Crippen LogP contribution is -2.61. The van der Waals surface area contributed by atoms with Gasteiger partial charge in [0.2, 0.25) is 0 Å². The third-order valence-electron chi connectivity index (χ3n) is 3.89. The second kappa shape index (κ2) is 5.98. The van der Waals surface area contributed by atoms with Crippen LogP contribution in [0.4, 0.5) is 11.5 Å². The summed E-state index contributed by atoms with van der Waals surface area (Å²) in [4.78, 5) is 20.3. The molecule has 2 aliphatic heterocycles. The molecule has 126 valence electrons. The van der Waals surface area contributed by atoms with Crippen LogP contribution in [0.15, 0.2) is 17.3 Å². The highest BCUT2D eigenvalue weighted by Gasteiger charge is 2.44. The van der Waals surface area contributed by atoms with Crippen LogP contribution >= 0.6 is 0 Å². The Balaban J connectivity index is 1.85. The van der Waals surface area contributed by atoms with Gasteiger partial charge in [0.05, 0.1) is 18.0 Å². The Morgan fingerprint density at radius 2 is 2.13 bits per heavy atom. The van der Waals surface area contributed by atoms with Crippen molar-refractivity contribution in [1.29, 1.82) is 0 Å². The summed E-state index contributed by atoms with van der Waals surface area (Å²) in [5, 5.41) is 9.53. The molecule has 3 rings (SSSR count). The van der Waals surface area contributed by atoms with Gasteiger partial charge in [-0.2, -0.15) is 0 Å². The first-order chi connectivity index (χ1) is 10.9. The molecule has 0 radical (unpaired) electrons. The number of hydrogen-bond acceptors (Lipinski definition) is 5. The first kappa shape index (κ1) is 16.0. The minimum atomic E-state index is -1.27. The van der Waals surface area contributed by atoms with Crippen LogP contribution < -0.4 is 16.0 Å². The van der Waals surface area contributed by atoms with E-state index in [1.165, 1.54) is 0 Å². The van der Waals surface area contributed by atoms with Crippen molar-refractivity contribution >= 4 is 23.6 Å². The number of fused-ring (bicyclic) bond motifs is 1. The maximum absolute atomic E-state index is 12.9. The van der Waals surface area contributed by atoms with Crippen LogP contribution in [0, 0.1) is 0 Å². The summed E-state index contributed by atoms with van der Waals surface area (Å²) >= 11 is 0. The average Bonchev–Trinajstić information content (AvgIpc) is 2.93. The van der Waals surface area contributed by atoms with E-state index >= 15 is 0 Å². The number of piperidine rings is 1. The first-order valence-corrected chi connectivity index (χ1v) is 8.10. The summed E-state index contributed by atoms with van der Waals surface area (Å²) in [5.41, 5.74) is -0.856. The second-order valence-corrected chi connectivity index (χ2v) is 7.13. The summed E-state index contributed by atoms with van der Waals surface area (Å²) in [6.07, 6.45) is 5.12. The highest BCUT2D eigenvalue weighted by Crippen LogP contribution is 2.32. The van der Waals surface area contributed by atoms with E-state index in [0.29, 0.717) is 5.82 Å². The molecule has 1 fully saturated rings. The average molecular weight is 319 g/mol. The smallest absolute Gasteiger partial charge is 0.279 e. The van der Waals surface area contributed by atoms with Crippen LogP contribution in [0.2, 0.25) is 0 Å². The van der Waals surface area contributed by atoms with E-state index < -0.39 is 5.72 Å². The van der Waals surface area contributed by atoms with Crippen molar-refractivity contribution in [2.45, 2.75) is 51.0 Å². The largest absolute Gasteiger partial charge is 0.347 e. The number of anilines is 1. The summed E-state index contributed by atoms with van der Waals surface area (Å²) in [6, 6.07) is 1.86. The first-order valence-electron chi connectivity index (χ1n) is 8.10. The molecule has 1 unspecified atom stereocenters. The van der Waals surface area contributed by atoms with E-state index in [2.05, 4.69) is 25.9 Å². The molecule has 0 aliphatic carbocycles. The van der Waals surface area contributed by atoms with Gasteiger partial charge in [-0.25, -0.2) is 4.99 Å². The molecule has 7 nitrogen and oxygen atoms in total. The van der Waals surface area contributed by atoms with Crippen molar-refractivity contribution in [2.24, 2.45) is 4.99 Å². The molecular formula is C16H25N5O2. The summed E-state index contributed by atoms with van der Waals surface area (Å²) in [6.45, 7) is 7.64. The number of carbonyl (C=O) groups is 1. The van der Waals surface area contributed by atoms with Crippen molar-refractivity contribution < 1.29 is 9.53 Å². The third kappa shape index (κ3) is 3.56. The van der Waals surface area contributed by atoms with Crippen molar-refractivity contribution in [2.75, 3.05) is 18.4 Å². The quantitative estimate of drug-likeness (QED) is 0.680. The van der Waals surface area contributed by atoms with Gasteiger partial charge in [-0.1, -0.05) is 0 Å². The number of nitrogens with one attached hydrogen (secondary N) is 4. The molecule has 1 atom stereocenters. The van der Waals surface area contributed by atoms with Gasteiger partial charge in [0.1, 0.15) is 0 Å². The van der Waals surface area contributed by atoms with Crippen LogP contribution in [-0.4, -0.2) is 47.6 Å². The fraction of sp³-hybridized carbons (Fsp3) is 0.625. The Kier molecular flexibility index (Phi) is 4.16. The Labute approximate surface area is 136 Å². The van der Waals surface area contributed by atoms with E-state index in [4.69, 9.17) is 4.74 Å². The lowest BCUT2D eigenvalue weighted by Gasteiger charge is -2.38. The molecule has 7 heteroatoms. The number of aromatic nitrogens is 1. The molecule has 23 heavy (non-hydrogen) atoms. The predicted octanol–water partition coefficient (Wildman–Crippen LogP) is 1.52. The second-order valence-electron chi connectivity index (χ2n) is 7.13. The van der Waals surface area contributed by atoms with Gasteiger partial charge in [-0.3, -0.25) is 4.79 Å². The van der Waals surface area contributed by atoms with Crippen LogP contribution in [-0.2, 0) is 9.53 Å². The Hall–Kier alpha value is -1.86. The summed E-state index contributed by atoms with van der Waals surface area (Å²) in [7, 11) is 0. The molecule has 4 N–H and O–H groups in total. The molecule has 1 amide bonds. The van der Waals surface area contributed by atoms with Crippen LogP contribution in [0.5, 0.6) is 0 Å². The maximum Gasteiger partial charge on any atom is 0.279 e. The lowest BCUT2D eigenvalue weighted by molar-refractivity contribution is -0.143. The highest BCUT2D eigenvalue weighted by atomic mass is 16.5. The number of ether oxygens (including phenoxy) is 1. The van der Waals surface area contributed by atoms with Crippen molar-refractivity contribution in [3.63, 3.8) is 0 Å². The number of amides is 1. The van der Waals surface area contributed by atoms with E-state index in [0.717, 1.165) is 31.6 Å². The molecule has 1 aromatic heterocycles. The standard InChI is InChI=1S/C16H25N5O2/c1-15(2,3)21-14(22)16(23-11-4-7-17-8-5-11)10-19-13-12(20-16)6-9-18-13/h6,9-11,17-18,20H,4-5,7-8H2,1-3H3,(H,21,22). The van der Waals surface area contributed by atoms with E-state index in [9.17, 15) is 4.79 Å². The van der Waals surface area contributed by atoms with Gasteiger partial charge in [0.15, 0.2) is 5.82 Å². The minimum Gasteiger partial charge on any atom is -0.347 e. The molecule has 0 spiro atoms. The van der Waals surface area contributed by atoms with E-state index in [1.54, 1.807) is 12.4 Å². The fourth-order valence-corrected chi connectivity index (χ4v) is 2.79. The van der Waals surface area contributed by atoms with Crippen LogP contribution in [0.1, 0.15) is 33.6 Å². The molecule has 0 saturated carbocycles. The van der Waals surface area contributed by atoms with Gasteiger partial charge in [-0.05, 0) is 52.8 Å². The number of aliphatic imine (C=N–C) groups is 1. The number of rotatable bonds is 3. The van der Waals surface area contributed by atoms with Gasteiger partial charge >= 0.3 is 0 Å². The zero-order valence-electron chi connectivity index (χ0n) is 13.9. The van der Waals surface area contributed by atoms with Gasteiger partial charge in [-0.15, -0.1) is 0 Å². The van der Waals surface area contributed by atoms with E-state index in [1.807, 2.05) is 26.8 Å². The monoisotopic (exact) mass is 319 g/mol. The van der Waals surface area contributed by atoms with Crippen LogP contribution in [0.3, 0.4) is 0 Å². The van der Waals surface area contributed by atoms with Crippen molar-refractivity contribution in [3.8, 4) is 0 Å². The number of hydrogen-bond donors (Lipinski definition) is 4. The number of carbonyl (C=O) groups excluding carboxylic acids is 1. The van der Waals surface area contributed by atoms with Crippen LogP contribution in [0.25, 0.3) is 0 Å². The van der Waals surface area contributed by atoms with Crippen molar-refractivity contribution in [1.82, 2.24) is 15.6 Å². The molecule has 2 aliphatic rings. The molecule has 3 heterocycles. The van der Waals surface area contributed by atoms with Crippen molar-refractivity contribution in [3.05, 3.63) is 12.3 Å². The molecule has 1 saturated heterocycles. The molecule has 0 aromatic carbocycles. The predicted molar refractivity (Wildman–Crippen MR) is 90.2 cm³/mol. The molecule has 0 bridgehead atoms. The zero-order chi connectivity index (χ0) is 16.5. The summed E-state index contributed by atoms with van der Waals surface area (Å²) < 4.78 is 6.23. The summed E-state index contributed by atoms with van der Waals surface area (Å²) in [5.74, 6) is 0.484.